The van der Waals surface area contributed by atoms with E-state index in [9.17, 15) is 4.79 Å². The minimum Gasteiger partial charge on any atom is -0.497 e. The molecule has 2 aromatic carbocycles. The summed E-state index contributed by atoms with van der Waals surface area (Å²) in [6.07, 6.45) is 2.47. The number of carbonyl (C=O) groups is 1. The van der Waals surface area contributed by atoms with Gasteiger partial charge in [0.2, 0.25) is 0 Å². The molecule has 2 N–H and O–H groups in total. The van der Waals surface area contributed by atoms with Crippen molar-refractivity contribution in [3.8, 4) is 5.75 Å². The quantitative estimate of drug-likeness (QED) is 0.633. The van der Waals surface area contributed by atoms with E-state index in [2.05, 4.69) is 15.6 Å². The zero-order valence-corrected chi connectivity index (χ0v) is 16.5. The van der Waals surface area contributed by atoms with E-state index in [-0.39, 0.29) is 5.91 Å². The van der Waals surface area contributed by atoms with E-state index in [1.54, 1.807) is 19.4 Å². The van der Waals surface area contributed by atoms with E-state index in [1.807, 2.05) is 62.4 Å². The maximum atomic E-state index is 12.4. The third kappa shape index (κ3) is 5.10. The van der Waals surface area contributed by atoms with E-state index in [0.717, 1.165) is 35.8 Å². The Morgan fingerprint density at radius 3 is 2.43 bits per heavy atom. The fraction of sp³-hybridized carbons (Fsp3) is 0.217. The van der Waals surface area contributed by atoms with Crippen molar-refractivity contribution in [2.75, 3.05) is 24.3 Å². The lowest BCUT2D eigenvalue weighted by Gasteiger charge is -2.09. The lowest BCUT2D eigenvalue weighted by atomic mass is 10.1. The molecular weight excluding hydrogens is 350 g/mol. The molecule has 144 valence electrons. The Hall–Kier alpha value is -3.34. The van der Waals surface area contributed by atoms with Gasteiger partial charge >= 0.3 is 0 Å². The Morgan fingerprint density at radius 2 is 1.79 bits per heavy atom. The predicted octanol–water partition coefficient (Wildman–Crippen LogP) is 4.61. The zero-order chi connectivity index (χ0) is 19.9. The van der Waals surface area contributed by atoms with Crippen LogP contribution in [0.15, 0.2) is 60.8 Å². The van der Waals surface area contributed by atoms with Crippen molar-refractivity contribution in [3.05, 3.63) is 83.0 Å². The Balaban J connectivity index is 1.52. The van der Waals surface area contributed by atoms with Gasteiger partial charge in [0, 0.05) is 18.4 Å². The first-order valence-electron chi connectivity index (χ1n) is 9.26. The van der Waals surface area contributed by atoms with Crippen LogP contribution >= 0.6 is 0 Å². The normalized spacial score (nSPS) is 10.4. The summed E-state index contributed by atoms with van der Waals surface area (Å²) in [6, 6.07) is 17.5. The number of ether oxygens (including phenoxy) is 1. The molecule has 0 aliphatic carbocycles. The first-order valence-corrected chi connectivity index (χ1v) is 9.26. The average Bonchev–Trinajstić information content (AvgIpc) is 2.72. The number of hydrogen-bond donors (Lipinski definition) is 2. The Kier molecular flexibility index (Phi) is 6.27. The highest BCUT2D eigenvalue weighted by molar-refractivity contribution is 6.04. The van der Waals surface area contributed by atoms with Gasteiger partial charge in [-0.25, -0.2) is 4.98 Å². The van der Waals surface area contributed by atoms with Crippen LogP contribution < -0.4 is 15.4 Å². The van der Waals surface area contributed by atoms with E-state index < -0.39 is 0 Å². The summed E-state index contributed by atoms with van der Waals surface area (Å²) < 4.78 is 5.16. The third-order valence-corrected chi connectivity index (χ3v) is 4.67. The molecular formula is C23H25N3O2. The molecule has 0 unspecified atom stereocenters. The first kappa shape index (κ1) is 19.4. The van der Waals surface area contributed by atoms with Crippen molar-refractivity contribution in [2.24, 2.45) is 0 Å². The van der Waals surface area contributed by atoms with Crippen LogP contribution in [0.5, 0.6) is 5.75 Å². The second-order valence-electron chi connectivity index (χ2n) is 6.71. The largest absolute Gasteiger partial charge is 0.497 e. The van der Waals surface area contributed by atoms with Gasteiger partial charge in [0.1, 0.15) is 11.6 Å². The Labute approximate surface area is 165 Å². The molecule has 0 atom stereocenters. The third-order valence-electron chi connectivity index (χ3n) is 4.67. The lowest BCUT2D eigenvalue weighted by Crippen LogP contribution is -2.13. The lowest BCUT2D eigenvalue weighted by molar-refractivity contribution is 0.102. The standard InChI is InChI=1S/C23H25N3O2/c1-16-4-8-20(14-17(16)2)26-23(27)19-7-11-22(25-15-19)24-13-12-18-5-9-21(28-3)10-6-18/h4-11,14-15H,12-13H2,1-3H3,(H,24,25)(H,26,27). The number of carbonyl (C=O) groups excluding carboxylic acids is 1. The zero-order valence-electron chi connectivity index (χ0n) is 16.5. The van der Waals surface area contributed by atoms with Crippen LogP contribution in [0.3, 0.4) is 0 Å². The molecule has 1 aromatic heterocycles. The topological polar surface area (TPSA) is 63.2 Å². The number of anilines is 2. The molecule has 0 fully saturated rings. The minimum atomic E-state index is -0.166. The van der Waals surface area contributed by atoms with Crippen molar-refractivity contribution in [3.63, 3.8) is 0 Å². The van der Waals surface area contributed by atoms with E-state index in [1.165, 1.54) is 11.1 Å². The molecule has 5 nitrogen and oxygen atoms in total. The van der Waals surface area contributed by atoms with Crippen molar-refractivity contribution in [1.29, 1.82) is 0 Å². The van der Waals surface area contributed by atoms with Crippen LogP contribution in [0, 0.1) is 13.8 Å². The van der Waals surface area contributed by atoms with Gasteiger partial charge in [-0.3, -0.25) is 4.79 Å². The van der Waals surface area contributed by atoms with Gasteiger partial charge in [0.15, 0.2) is 0 Å². The molecule has 28 heavy (non-hydrogen) atoms. The van der Waals surface area contributed by atoms with Crippen molar-refractivity contribution in [1.82, 2.24) is 4.98 Å². The number of nitrogens with zero attached hydrogens (tertiary/aromatic N) is 1. The summed E-state index contributed by atoms with van der Waals surface area (Å²) in [5.41, 5.74) is 4.88. The summed E-state index contributed by atoms with van der Waals surface area (Å²) in [7, 11) is 1.66. The van der Waals surface area contributed by atoms with Crippen LogP contribution in [-0.2, 0) is 6.42 Å². The first-order chi connectivity index (χ1) is 13.5. The molecule has 0 bridgehead atoms. The molecule has 3 aromatic rings. The molecule has 0 saturated carbocycles. The predicted molar refractivity (Wildman–Crippen MR) is 113 cm³/mol. The number of pyridine rings is 1. The fourth-order valence-electron chi connectivity index (χ4n) is 2.78. The highest BCUT2D eigenvalue weighted by atomic mass is 16.5. The molecule has 1 amide bonds. The van der Waals surface area contributed by atoms with E-state index in [4.69, 9.17) is 4.74 Å². The SMILES string of the molecule is COc1ccc(CCNc2ccc(C(=O)Nc3ccc(C)c(C)c3)cn2)cc1. The number of aromatic nitrogens is 1. The van der Waals surface area contributed by atoms with Crippen LogP contribution in [0.2, 0.25) is 0 Å². The molecule has 0 aliphatic rings. The van der Waals surface area contributed by atoms with E-state index >= 15 is 0 Å². The summed E-state index contributed by atoms with van der Waals surface area (Å²) in [6.45, 7) is 4.83. The Bertz CT molecular complexity index is 935. The maximum Gasteiger partial charge on any atom is 0.257 e. The number of amides is 1. The Morgan fingerprint density at radius 1 is 1.00 bits per heavy atom. The summed E-state index contributed by atoms with van der Waals surface area (Å²) in [4.78, 5) is 16.7. The number of hydrogen-bond acceptors (Lipinski definition) is 4. The number of benzene rings is 2. The molecule has 3 rings (SSSR count). The monoisotopic (exact) mass is 375 g/mol. The van der Waals surface area contributed by atoms with E-state index in [0.29, 0.717) is 5.56 Å². The highest BCUT2D eigenvalue weighted by Crippen LogP contribution is 2.16. The fourth-order valence-corrected chi connectivity index (χ4v) is 2.78. The molecule has 0 radical (unpaired) electrons. The van der Waals surface area contributed by atoms with Gasteiger partial charge < -0.3 is 15.4 Å². The van der Waals surface area contributed by atoms with Gasteiger partial charge in [0.05, 0.1) is 12.7 Å². The van der Waals surface area contributed by atoms with Gasteiger partial charge in [-0.2, -0.15) is 0 Å². The molecule has 0 spiro atoms. The van der Waals surface area contributed by atoms with Crippen molar-refractivity contribution in [2.45, 2.75) is 20.3 Å². The van der Waals surface area contributed by atoms with Crippen LogP contribution in [-0.4, -0.2) is 24.5 Å². The second kappa shape index (κ2) is 9.04. The minimum absolute atomic E-state index is 0.166. The molecule has 0 saturated heterocycles. The van der Waals surface area contributed by atoms with Gasteiger partial charge in [-0.15, -0.1) is 0 Å². The molecule has 1 heterocycles. The smallest absolute Gasteiger partial charge is 0.257 e. The maximum absolute atomic E-state index is 12.4. The van der Waals surface area contributed by atoms with Gasteiger partial charge in [0.25, 0.3) is 5.91 Å². The van der Waals surface area contributed by atoms with Crippen molar-refractivity contribution < 1.29 is 9.53 Å². The van der Waals surface area contributed by atoms with Crippen LogP contribution in [0.1, 0.15) is 27.0 Å². The number of nitrogens with one attached hydrogen (secondary N) is 2. The van der Waals surface area contributed by atoms with Gasteiger partial charge in [-0.1, -0.05) is 18.2 Å². The summed E-state index contributed by atoms with van der Waals surface area (Å²) >= 11 is 0. The van der Waals surface area contributed by atoms with Crippen LogP contribution in [0.4, 0.5) is 11.5 Å². The van der Waals surface area contributed by atoms with Crippen LogP contribution in [0.25, 0.3) is 0 Å². The summed E-state index contributed by atoms with van der Waals surface area (Å²) in [5, 5.41) is 6.19. The number of rotatable bonds is 7. The number of methoxy groups -OCH3 is 1. The average molecular weight is 375 g/mol. The highest BCUT2D eigenvalue weighted by Gasteiger charge is 2.07. The summed E-state index contributed by atoms with van der Waals surface area (Å²) in [5.74, 6) is 1.44. The van der Waals surface area contributed by atoms with Gasteiger partial charge in [-0.05, 0) is 73.4 Å². The second-order valence-corrected chi connectivity index (χ2v) is 6.71. The molecule has 5 heteroatoms. The molecule has 0 aliphatic heterocycles. The number of aryl methyl sites for hydroxylation is 2. The van der Waals surface area contributed by atoms with Crippen molar-refractivity contribution >= 4 is 17.4 Å².